The maximum absolute atomic E-state index is 11.2. The Morgan fingerprint density at radius 3 is 1.97 bits per heavy atom. The fraction of sp³-hybridized carbons (Fsp3) is 0.560. The van der Waals surface area contributed by atoms with E-state index in [-0.39, 0.29) is 5.24 Å². The van der Waals surface area contributed by atoms with Gasteiger partial charge in [-0.25, -0.2) is 0 Å². The SMILES string of the molecule is CCCCCCCCCCCCCOc1ccc(Cc2ccc(C(=O)Cl)s2)cc1. The van der Waals surface area contributed by atoms with E-state index in [1.54, 1.807) is 6.07 Å². The van der Waals surface area contributed by atoms with E-state index in [0.29, 0.717) is 4.88 Å². The molecular formula is C25H35ClO2S. The zero-order chi connectivity index (χ0) is 20.7. The van der Waals surface area contributed by atoms with Crippen LogP contribution in [0.5, 0.6) is 5.75 Å². The standard InChI is InChI=1S/C25H35ClO2S/c1-2-3-4-5-6-7-8-9-10-11-12-19-28-22-15-13-21(14-16-22)20-23-17-18-24(29-23)25(26)27/h13-18H,2-12,19-20H2,1H3. The molecule has 0 amide bonds. The van der Waals surface area contributed by atoms with Crippen molar-refractivity contribution in [3.63, 3.8) is 0 Å². The predicted molar refractivity (Wildman–Crippen MR) is 126 cm³/mol. The first-order valence-electron chi connectivity index (χ1n) is 11.2. The summed E-state index contributed by atoms with van der Waals surface area (Å²) in [4.78, 5) is 12.9. The monoisotopic (exact) mass is 434 g/mol. The summed E-state index contributed by atoms with van der Waals surface area (Å²) < 4.78 is 5.87. The minimum atomic E-state index is -0.382. The highest BCUT2D eigenvalue weighted by Crippen LogP contribution is 2.22. The molecule has 2 nitrogen and oxygen atoms in total. The van der Waals surface area contributed by atoms with E-state index in [4.69, 9.17) is 16.3 Å². The summed E-state index contributed by atoms with van der Waals surface area (Å²) in [5.41, 5.74) is 1.21. The molecule has 0 radical (unpaired) electrons. The highest BCUT2D eigenvalue weighted by atomic mass is 35.5. The summed E-state index contributed by atoms with van der Waals surface area (Å²) >= 11 is 6.98. The van der Waals surface area contributed by atoms with Gasteiger partial charge in [-0.1, -0.05) is 83.3 Å². The van der Waals surface area contributed by atoms with Crippen LogP contribution < -0.4 is 4.74 Å². The van der Waals surface area contributed by atoms with E-state index in [0.717, 1.165) is 30.1 Å². The lowest BCUT2D eigenvalue weighted by Gasteiger charge is -2.07. The van der Waals surface area contributed by atoms with Crippen LogP contribution in [0, 0.1) is 0 Å². The van der Waals surface area contributed by atoms with Crippen LogP contribution in [0.3, 0.4) is 0 Å². The second-order valence-corrected chi connectivity index (χ2v) is 9.26. The molecule has 0 N–H and O–H groups in total. The van der Waals surface area contributed by atoms with Gasteiger partial charge in [0.15, 0.2) is 0 Å². The Morgan fingerprint density at radius 2 is 1.41 bits per heavy atom. The van der Waals surface area contributed by atoms with Crippen molar-refractivity contribution in [3.8, 4) is 5.75 Å². The van der Waals surface area contributed by atoms with Crippen molar-refractivity contribution in [2.45, 2.75) is 84.0 Å². The Hall–Kier alpha value is -1.32. The van der Waals surface area contributed by atoms with Gasteiger partial charge in [-0.15, -0.1) is 11.3 Å². The molecule has 4 heteroatoms. The third kappa shape index (κ3) is 10.3. The number of benzene rings is 1. The summed E-state index contributed by atoms with van der Waals surface area (Å²) in [5, 5.41) is -0.382. The molecule has 160 valence electrons. The smallest absolute Gasteiger partial charge is 0.262 e. The molecule has 0 aliphatic carbocycles. The number of hydrogen-bond acceptors (Lipinski definition) is 3. The molecule has 2 rings (SSSR count). The fourth-order valence-electron chi connectivity index (χ4n) is 3.44. The van der Waals surface area contributed by atoms with Gasteiger partial charge < -0.3 is 4.74 Å². The number of halogens is 1. The van der Waals surface area contributed by atoms with Gasteiger partial charge in [0.2, 0.25) is 0 Å². The van der Waals surface area contributed by atoms with Crippen molar-refractivity contribution in [2.75, 3.05) is 6.61 Å². The van der Waals surface area contributed by atoms with Crippen LogP contribution in [-0.4, -0.2) is 11.8 Å². The van der Waals surface area contributed by atoms with Crippen LogP contribution in [0.4, 0.5) is 0 Å². The van der Waals surface area contributed by atoms with E-state index in [9.17, 15) is 4.79 Å². The minimum Gasteiger partial charge on any atom is -0.494 e. The molecule has 0 spiro atoms. The van der Waals surface area contributed by atoms with Crippen LogP contribution in [0.1, 0.15) is 97.7 Å². The van der Waals surface area contributed by atoms with Gasteiger partial charge in [-0.05, 0) is 47.9 Å². The normalized spacial score (nSPS) is 11.0. The van der Waals surface area contributed by atoms with Crippen LogP contribution in [-0.2, 0) is 6.42 Å². The molecular weight excluding hydrogens is 400 g/mol. The first-order valence-corrected chi connectivity index (χ1v) is 12.4. The number of carbonyl (C=O) groups is 1. The summed E-state index contributed by atoms with van der Waals surface area (Å²) in [6.45, 7) is 3.07. The van der Waals surface area contributed by atoms with Gasteiger partial charge in [0.25, 0.3) is 5.24 Å². The molecule has 0 bridgehead atoms. The lowest BCUT2D eigenvalue weighted by Crippen LogP contribution is -1.97. The van der Waals surface area contributed by atoms with Crippen molar-refractivity contribution in [1.82, 2.24) is 0 Å². The van der Waals surface area contributed by atoms with Gasteiger partial charge in [0.05, 0.1) is 11.5 Å². The second kappa shape index (κ2) is 14.6. The molecule has 0 aliphatic heterocycles. The van der Waals surface area contributed by atoms with Crippen molar-refractivity contribution in [3.05, 3.63) is 51.7 Å². The van der Waals surface area contributed by atoms with Crippen molar-refractivity contribution in [1.29, 1.82) is 0 Å². The first-order chi connectivity index (χ1) is 14.2. The number of unbranched alkanes of at least 4 members (excludes halogenated alkanes) is 10. The van der Waals surface area contributed by atoms with Crippen molar-refractivity contribution in [2.24, 2.45) is 0 Å². The maximum atomic E-state index is 11.2. The van der Waals surface area contributed by atoms with E-state index in [2.05, 4.69) is 19.1 Å². The summed E-state index contributed by atoms with van der Waals surface area (Å²) in [7, 11) is 0. The first kappa shape index (κ1) is 24.0. The Kier molecular flexibility index (Phi) is 12.1. The lowest BCUT2D eigenvalue weighted by molar-refractivity contribution is 0.108. The number of hydrogen-bond donors (Lipinski definition) is 0. The third-order valence-corrected chi connectivity index (χ3v) is 6.57. The molecule has 0 aliphatic rings. The molecule has 0 saturated heterocycles. The number of ether oxygens (including phenoxy) is 1. The zero-order valence-corrected chi connectivity index (χ0v) is 19.3. The number of rotatable bonds is 16. The molecule has 0 fully saturated rings. The summed E-state index contributed by atoms with van der Waals surface area (Å²) in [6, 6.07) is 12.0. The van der Waals surface area contributed by atoms with Gasteiger partial charge in [0.1, 0.15) is 5.75 Å². The highest BCUT2D eigenvalue weighted by molar-refractivity contribution is 7.15. The van der Waals surface area contributed by atoms with E-state index >= 15 is 0 Å². The van der Waals surface area contributed by atoms with E-state index < -0.39 is 0 Å². The number of carbonyl (C=O) groups excluding carboxylic acids is 1. The van der Waals surface area contributed by atoms with Crippen LogP contribution >= 0.6 is 22.9 Å². The summed E-state index contributed by atoms with van der Waals surface area (Å²) in [5.74, 6) is 0.934. The predicted octanol–water partition coefficient (Wildman–Crippen LogP) is 8.41. The summed E-state index contributed by atoms with van der Waals surface area (Å²) in [6.07, 6.45) is 15.7. The Balaban J connectivity index is 1.51. The van der Waals surface area contributed by atoms with E-state index in [1.807, 2.05) is 18.2 Å². The Morgan fingerprint density at radius 1 is 0.828 bits per heavy atom. The van der Waals surface area contributed by atoms with Crippen molar-refractivity contribution < 1.29 is 9.53 Å². The van der Waals surface area contributed by atoms with Crippen molar-refractivity contribution >= 4 is 28.2 Å². The Bertz CT molecular complexity index is 693. The molecule has 2 aromatic rings. The molecule has 0 unspecified atom stereocenters. The second-order valence-electron chi connectivity index (χ2n) is 7.74. The van der Waals surface area contributed by atoms with Crippen LogP contribution in [0.15, 0.2) is 36.4 Å². The van der Waals surface area contributed by atoms with Gasteiger partial charge >= 0.3 is 0 Å². The topological polar surface area (TPSA) is 26.3 Å². The fourth-order valence-corrected chi connectivity index (χ4v) is 4.49. The third-order valence-electron chi connectivity index (χ3n) is 5.17. The van der Waals surface area contributed by atoms with Gasteiger partial charge in [-0.2, -0.15) is 0 Å². The lowest BCUT2D eigenvalue weighted by atomic mass is 10.1. The quantitative estimate of drug-likeness (QED) is 0.196. The molecule has 0 atom stereocenters. The zero-order valence-electron chi connectivity index (χ0n) is 17.8. The largest absolute Gasteiger partial charge is 0.494 e. The van der Waals surface area contributed by atoms with Gasteiger partial charge in [0, 0.05) is 11.3 Å². The van der Waals surface area contributed by atoms with Crippen LogP contribution in [0.25, 0.3) is 0 Å². The highest BCUT2D eigenvalue weighted by Gasteiger charge is 2.07. The van der Waals surface area contributed by atoms with Crippen LogP contribution in [0.2, 0.25) is 0 Å². The molecule has 1 heterocycles. The van der Waals surface area contributed by atoms with Gasteiger partial charge in [-0.3, -0.25) is 4.79 Å². The average Bonchev–Trinajstić information content (AvgIpc) is 3.19. The molecule has 1 aromatic heterocycles. The molecule has 29 heavy (non-hydrogen) atoms. The number of thiophene rings is 1. The molecule has 0 saturated carbocycles. The Labute approximate surface area is 185 Å². The van der Waals surface area contributed by atoms with E-state index in [1.165, 1.54) is 81.1 Å². The maximum Gasteiger partial charge on any atom is 0.262 e. The molecule has 1 aromatic carbocycles. The average molecular weight is 435 g/mol. The minimum absolute atomic E-state index is 0.382.